The molecule has 0 aliphatic heterocycles. The van der Waals surface area contributed by atoms with Crippen LogP contribution in [0.2, 0.25) is 0 Å². The number of carboxylic acid groups (broad SMARTS) is 1. The topological polar surface area (TPSA) is 137 Å². The normalized spacial score (nSPS) is 11.6. The van der Waals surface area contributed by atoms with E-state index in [1.165, 1.54) is 0 Å². The summed E-state index contributed by atoms with van der Waals surface area (Å²) >= 11 is 0. The van der Waals surface area contributed by atoms with Gasteiger partial charge in [0.1, 0.15) is 18.4 Å². The largest absolute Gasteiger partial charge is 0.492 e. The Bertz CT molecular complexity index is 441. The monoisotopic (exact) mass is 266 g/mol. The molecule has 1 aromatic rings. The van der Waals surface area contributed by atoms with Gasteiger partial charge in [0.05, 0.1) is 6.54 Å². The zero-order valence-electron chi connectivity index (χ0n) is 10.5. The molecule has 0 saturated carbocycles. The first-order valence-corrected chi connectivity index (χ1v) is 5.74. The second-order valence-electron chi connectivity index (χ2n) is 3.95. The molecule has 7 heteroatoms. The molecule has 0 amide bonds. The number of nitrogens with two attached hydrogens (primary N) is 3. The predicted octanol–water partition coefficient (Wildman–Crippen LogP) is -0.707. The Hall–Kier alpha value is -2.28. The summed E-state index contributed by atoms with van der Waals surface area (Å²) in [6.07, 6.45) is 0.281. The first kappa shape index (κ1) is 14.8. The van der Waals surface area contributed by atoms with Crippen LogP contribution in [0.4, 0.5) is 0 Å². The van der Waals surface area contributed by atoms with E-state index in [4.69, 9.17) is 27.0 Å². The fourth-order valence-electron chi connectivity index (χ4n) is 1.40. The fraction of sp³-hybridized carbons (Fsp3) is 0.333. The zero-order chi connectivity index (χ0) is 14.3. The standard InChI is InChI=1S/C12H18N4O3/c13-10(11(17)18)7-8-1-3-9(4-2-8)19-6-5-16-12(14)15/h1-4,10H,5-7,13H2,(H,17,18)(H4,14,15,16)/t10-/m0/s1. The lowest BCUT2D eigenvalue weighted by Crippen LogP contribution is -2.32. The number of aliphatic imine (C=N–C) groups is 1. The van der Waals surface area contributed by atoms with Gasteiger partial charge in [0.25, 0.3) is 0 Å². The quantitative estimate of drug-likeness (QED) is 0.292. The summed E-state index contributed by atoms with van der Waals surface area (Å²) in [5.41, 5.74) is 16.6. The van der Waals surface area contributed by atoms with E-state index in [1.54, 1.807) is 24.3 Å². The predicted molar refractivity (Wildman–Crippen MR) is 71.9 cm³/mol. The highest BCUT2D eigenvalue weighted by Crippen LogP contribution is 2.13. The lowest BCUT2D eigenvalue weighted by atomic mass is 10.1. The van der Waals surface area contributed by atoms with Crippen LogP contribution in [0.3, 0.4) is 0 Å². The van der Waals surface area contributed by atoms with Gasteiger partial charge in [0, 0.05) is 0 Å². The molecule has 0 aromatic heterocycles. The highest BCUT2D eigenvalue weighted by atomic mass is 16.5. The van der Waals surface area contributed by atoms with Gasteiger partial charge in [-0.25, -0.2) is 0 Å². The molecule has 0 saturated heterocycles. The summed E-state index contributed by atoms with van der Waals surface area (Å²) in [7, 11) is 0. The summed E-state index contributed by atoms with van der Waals surface area (Å²) < 4.78 is 5.40. The number of rotatable bonds is 7. The maximum absolute atomic E-state index is 10.6. The second-order valence-corrected chi connectivity index (χ2v) is 3.95. The minimum Gasteiger partial charge on any atom is -0.492 e. The van der Waals surface area contributed by atoms with Crippen molar-refractivity contribution in [2.75, 3.05) is 13.2 Å². The molecule has 19 heavy (non-hydrogen) atoms. The summed E-state index contributed by atoms with van der Waals surface area (Å²) in [4.78, 5) is 14.4. The number of carboxylic acids is 1. The fourth-order valence-corrected chi connectivity index (χ4v) is 1.40. The van der Waals surface area contributed by atoms with Gasteiger partial charge in [0.15, 0.2) is 5.96 Å². The van der Waals surface area contributed by atoms with Crippen LogP contribution in [0, 0.1) is 0 Å². The molecule has 0 spiro atoms. The van der Waals surface area contributed by atoms with Gasteiger partial charge >= 0.3 is 5.97 Å². The van der Waals surface area contributed by atoms with Crippen molar-refractivity contribution >= 4 is 11.9 Å². The molecule has 0 bridgehead atoms. The molecule has 0 aliphatic rings. The summed E-state index contributed by atoms with van der Waals surface area (Å²) in [5.74, 6) is -0.322. The molecule has 0 radical (unpaired) electrons. The van der Waals surface area contributed by atoms with Crippen molar-refractivity contribution in [1.29, 1.82) is 0 Å². The minimum atomic E-state index is -1.02. The Balaban J connectivity index is 2.43. The maximum Gasteiger partial charge on any atom is 0.320 e. The van der Waals surface area contributed by atoms with Crippen LogP contribution < -0.4 is 21.9 Å². The first-order valence-electron chi connectivity index (χ1n) is 5.74. The molecule has 7 nitrogen and oxygen atoms in total. The molecule has 1 atom stereocenters. The van der Waals surface area contributed by atoms with Gasteiger partial charge in [0.2, 0.25) is 0 Å². The number of nitrogens with zero attached hydrogens (tertiary/aromatic N) is 1. The number of ether oxygens (including phenoxy) is 1. The van der Waals surface area contributed by atoms with E-state index in [1.807, 2.05) is 0 Å². The second kappa shape index (κ2) is 7.22. The van der Waals surface area contributed by atoms with Crippen LogP contribution in [0.15, 0.2) is 29.3 Å². The first-order chi connectivity index (χ1) is 8.99. The average Bonchev–Trinajstić information content (AvgIpc) is 2.36. The van der Waals surface area contributed by atoms with E-state index in [9.17, 15) is 4.79 Å². The summed E-state index contributed by atoms with van der Waals surface area (Å²) in [6, 6.07) is 6.16. The highest BCUT2D eigenvalue weighted by Gasteiger charge is 2.11. The Morgan fingerprint density at radius 3 is 2.47 bits per heavy atom. The molecule has 104 valence electrons. The van der Waals surface area contributed by atoms with Crippen LogP contribution in [-0.4, -0.2) is 36.2 Å². The van der Waals surface area contributed by atoms with Crippen LogP contribution >= 0.6 is 0 Å². The minimum absolute atomic E-state index is 0.0293. The van der Waals surface area contributed by atoms with Gasteiger partial charge in [-0.2, -0.15) is 0 Å². The molecule has 0 heterocycles. The molecule has 1 aromatic carbocycles. The van der Waals surface area contributed by atoms with Crippen molar-refractivity contribution in [3.05, 3.63) is 29.8 Å². The van der Waals surface area contributed by atoms with Crippen LogP contribution in [0.5, 0.6) is 5.75 Å². The Kier molecular flexibility index (Phi) is 5.62. The lowest BCUT2D eigenvalue weighted by Gasteiger charge is -2.08. The van der Waals surface area contributed by atoms with Gasteiger partial charge in [-0.05, 0) is 24.1 Å². The van der Waals surface area contributed by atoms with Gasteiger partial charge in [-0.15, -0.1) is 0 Å². The molecular formula is C12H18N4O3. The van der Waals surface area contributed by atoms with E-state index in [-0.39, 0.29) is 12.4 Å². The van der Waals surface area contributed by atoms with E-state index in [2.05, 4.69) is 4.99 Å². The number of hydrogen-bond acceptors (Lipinski definition) is 4. The average molecular weight is 266 g/mol. The van der Waals surface area contributed by atoms with Crippen molar-refractivity contribution < 1.29 is 14.6 Å². The molecular weight excluding hydrogens is 248 g/mol. The Labute approximate surface area is 111 Å². The number of benzene rings is 1. The molecule has 1 rings (SSSR count). The van der Waals surface area contributed by atoms with E-state index in [0.29, 0.717) is 18.9 Å². The van der Waals surface area contributed by atoms with Crippen LogP contribution in [-0.2, 0) is 11.2 Å². The SMILES string of the molecule is NC(N)=NCCOc1ccc(C[C@H](N)C(=O)O)cc1. The van der Waals surface area contributed by atoms with E-state index >= 15 is 0 Å². The van der Waals surface area contributed by atoms with E-state index < -0.39 is 12.0 Å². The molecule has 0 fully saturated rings. The third-order valence-electron chi connectivity index (χ3n) is 2.35. The summed E-state index contributed by atoms with van der Waals surface area (Å²) in [6.45, 7) is 0.750. The summed E-state index contributed by atoms with van der Waals surface area (Å²) in [5, 5.41) is 8.70. The molecule has 0 aliphatic carbocycles. The number of carbonyl (C=O) groups is 1. The smallest absolute Gasteiger partial charge is 0.320 e. The van der Waals surface area contributed by atoms with Crippen molar-refractivity contribution in [1.82, 2.24) is 0 Å². The molecule has 0 unspecified atom stereocenters. The van der Waals surface area contributed by atoms with Crippen molar-refractivity contribution in [2.45, 2.75) is 12.5 Å². The van der Waals surface area contributed by atoms with Crippen LogP contribution in [0.1, 0.15) is 5.56 Å². The van der Waals surface area contributed by atoms with Gasteiger partial charge in [-0.3, -0.25) is 9.79 Å². The Morgan fingerprint density at radius 2 is 1.95 bits per heavy atom. The number of hydrogen-bond donors (Lipinski definition) is 4. The number of guanidine groups is 1. The van der Waals surface area contributed by atoms with Crippen molar-refractivity contribution in [3.8, 4) is 5.75 Å². The zero-order valence-corrected chi connectivity index (χ0v) is 10.5. The third-order valence-corrected chi connectivity index (χ3v) is 2.35. The van der Waals surface area contributed by atoms with Gasteiger partial charge < -0.3 is 27.0 Å². The highest BCUT2D eigenvalue weighted by molar-refractivity contribution is 5.75. The third kappa shape index (κ3) is 5.73. The van der Waals surface area contributed by atoms with Gasteiger partial charge in [-0.1, -0.05) is 12.1 Å². The van der Waals surface area contributed by atoms with Crippen molar-refractivity contribution in [3.63, 3.8) is 0 Å². The van der Waals surface area contributed by atoms with Crippen LogP contribution in [0.25, 0.3) is 0 Å². The Morgan fingerprint density at radius 1 is 1.32 bits per heavy atom. The number of aliphatic carboxylic acids is 1. The lowest BCUT2D eigenvalue weighted by molar-refractivity contribution is -0.138. The maximum atomic E-state index is 10.6. The molecule has 7 N–H and O–H groups in total. The van der Waals surface area contributed by atoms with E-state index in [0.717, 1.165) is 5.56 Å². The van der Waals surface area contributed by atoms with Crippen molar-refractivity contribution in [2.24, 2.45) is 22.2 Å².